The third-order valence-corrected chi connectivity index (χ3v) is 6.77. The largest absolute Gasteiger partial charge is 0.300 e. The average molecular weight is 474 g/mol. The van der Waals surface area contributed by atoms with Crippen LogP contribution in [0.1, 0.15) is 11.9 Å². The van der Waals surface area contributed by atoms with E-state index in [0.29, 0.717) is 15.9 Å². The van der Waals surface area contributed by atoms with Gasteiger partial charge in [0, 0.05) is 5.56 Å². The van der Waals surface area contributed by atoms with Crippen LogP contribution >= 0.6 is 23.1 Å². The molecule has 33 heavy (non-hydrogen) atoms. The summed E-state index contributed by atoms with van der Waals surface area (Å²) in [5, 5.41) is 25.7. The van der Waals surface area contributed by atoms with Crippen molar-refractivity contribution in [1.29, 1.82) is 0 Å². The molecular weight excluding hydrogens is 454 g/mol. The van der Waals surface area contributed by atoms with Crippen LogP contribution in [0.2, 0.25) is 0 Å². The van der Waals surface area contributed by atoms with E-state index in [1.54, 1.807) is 4.52 Å². The highest BCUT2D eigenvalue weighted by atomic mass is 32.2. The molecule has 0 spiro atoms. The molecule has 5 aromatic rings. The molecule has 1 amide bonds. The van der Waals surface area contributed by atoms with Crippen LogP contribution in [-0.4, -0.2) is 41.7 Å². The molecule has 0 aliphatic rings. The monoisotopic (exact) mass is 473 g/mol. The van der Waals surface area contributed by atoms with Crippen LogP contribution in [0.15, 0.2) is 71.9 Å². The summed E-state index contributed by atoms with van der Waals surface area (Å²) in [6.07, 6.45) is 0.789. The number of aromatic nitrogens is 6. The number of carbonyl (C=O) groups is 1. The number of benzene rings is 2. The van der Waals surface area contributed by atoms with E-state index in [4.69, 9.17) is 5.10 Å². The Morgan fingerprint density at radius 3 is 2.42 bits per heavy atom. The lowest BCUT2D eigenvalue weighted by molar-refractivity contribution is -0.113. The molecule has 1 N–H and O–H groups in total. The number of nitrogens with one attached hydrogen (secondary N) is 1. The van der Waals surface area contributed by atoms with Crippen molar-refractivity contribution in [3.05, 3.63) is 71.7 Å². The summed E-state index contributed by atoms with van der Waals surface area (Å²) in [5.74, 6) is -0.0114. The average Bonchev–Trinajstić information content (AvgIpc) is 3.49. The second-order valence-electron chi connectivity index (χ2n) is 7.11. The normalized spacial score (nSPS) is 11.1. The Bertz CT molecular complexity index is 1400. The van der Waals surface area contributed by atoms with Gasteiger partial charge in [0.1, 0.15) is 5.01 Å². The predicted molar refractivity (Wildman–Crippen MR) is 130 cm³/mol. The van der Waals surface area contributed by atoms with Crippen LogP contribution in [-0.2, 0) is 11.2 Å². The molecule has 0 bridgehead atoms. The first kappa shape index (κ1) is 21.2. The minimum Gasteiger partial charge on any atom is -0.300 e. The van der Waals surface area contributed by atoms with E-state index in [1.165, 1.54) is 28.7 Å². The van der Waals surface area contributed by atoms with E-state index in [1.807, 2.05) is 49.4 Å². The Labute approximate surface area is 198 Å². The van der Waals surface area contributed by atoms with E-state index >= 15 is 0 Å². The SMILES string of the molecule is CCc1nnc(NC(=O)CSc2nnc3ccc(-c4ccc(-c5ccccc5)cc4)nn23)s1. The fraction of sp³-hybridized carbons (Fsp3) is 0.130. The lowest BCUT2D eigenvalue weighted by Gasteiger charge is -2.05. The molecule has 3 aromatic heterocycles. The molecule has 8 nitrogen and oxygen atoms in total. The van der Waals surface area contributed by atoms with Gasteiger partial charge in [-0.25, -0.2) is 0 Å². The standard InChI is InChI=1S/C23H19N7OS2/c1-2-21-26-27-22(33-21)24-20(31)14-32-23-28-25-19-13-12-18(29-30(19)23)17-10-8-16(9-11-17)15-6-4-3-5-7-15/h3-13H,2,14H2,1H3,(H,24,27,31). The van der Waals surface area contributed by atoms with Crippen molar-refractivity contribution in [3.8, 4) is 22.4 Å². The van der Waals surface area contributed by atoms with Gasteiger partial charge in [0.2, 0.25) is 16.2 Å². The summed E-state index contributed by atoms with van der Waals surface area (Å²) < 4.78 is 1.67. The van der Waals surface area contributed by atoms with Gasteiger partial charge >= 0.3 is 0 Å². The first-order chi connectivity index (χ1) is 16.2. The molecular formula is C23H19N7OS2. The Morgan fingerprint density at radius 1 is 0.909 bits per heavy atom. The minimum atomic E-state index is -0.178. The van der Waals surface area contributed by atoms with Crippen molar-refractivity contribution in [1.82, 2.24) is 30.0 Å². The van der Waals surface area contributed by atoms with Crippen molar-refractivity contribution >= 4 is 39.8 Å². The number of rotatable bonds is 7. The van der Waals surface area contributed by atoms with E-state index in [-0.39, 0.29) is 11.7 Å². The maximum Gasteiger partial charge on any atom is 0.236 e. The predicted octanol–water partition coefficient (Wildman–Crippen LogP) is 4.60. The zero-order valence-corrected chi connectivity index (χ0v) is 19.3. The van der Waals surface area contributed by atoms with Crippen molar-refractivity contribution in [3.63, 3.8) is 0 Å². The number of amides is 1. The van der Waals surface area contributed by atoms with Gasteiger partial charge in [-0.05, 0) is 29.7 Å². The first-order valence-corrected chi connectivity index (χ1v) is 12.1. The molecule has 0 radical (unpaired) electrons. The topological polar surface area (TPSA) is 98.0 Å². The van der Waals surface area contributed by atoms with E-state index in [2.05, 4.69) is 50.0 Å². The molecule has 0 saturated heterocycles. The molecule has 10 heteroatoms. The number of thioether (sulfide) groups is 1. The summed E-state index contributed by atoms with van der Waals surface area (Å²) >= 11 is 2.65. The Kier molecular flexibility index (Phi) is 6.09. The highest BCUT2D eigenvalue weighted by Crippen LogP contribution is 2.25. The number of carbonyl (C=O) groups excluding carboxylic acids is 1. The molecule has 0 atom stereocenters. The van der Waals surface area contributed by atoms with Crippen molar-refractivity contribution in [2.75, 3.05) is 11.1 Å². The maximum absolute atomic E-state index is 12.3. The Hall–Kier alpha value is -3.63. The fourth-order valence-electron chi connectivity index (χ4n) is 3.21. The zero-order valence-electron chi connectivity index (χ0n) is 17.7. The number of hydrogen-bond donors (Lipinski definition) is 1. The van der Waals surface area contributed by atoms with E-state index in [9.17, 15) is 4.79 Å². The van der Waals surface area contributed by atoms with Gasteiger partial charge in [0.15, 0.2) is 5.65 Å². The quantitative estimate of drug-likeness (QED) is 0.345. The highest BCUT2D eigenvalue weighted by Gasteiger charge is 2.13. The third-order valence-electron chi connectivity index (χ3n) is 4.87. The molecule has 3 heterocycles. The maximum atomic E-state index is 12.3. The van der Waals surface area contributed by atoms with Crippen LogP contribution in [0.3, 0.4) is 0 Å². The molecule has 2 aromatic carbocycles. The summed E-state index contributed by atoms with van der Waals surface area (Å²) in [7, 11) is 0. The molecule has 0 unspecified atom stereocenters. The van der Waals surface area contributed by atoms with Crippen molar-refractivity contribution in [2.45, 2.75) is 18.5 Å². The number of aryl methyl sites for hydroxylation is 1. The summed E-state index contributed by atoms with van der Waals surface area (Å²) in [5.41, 5.74) is 4.73. The van der Waals surface area contributed by atoms with Gasteiger partial charge in [-0.3, -0.25) is 10.1 Å². The number of hydrogen-bond acceptors (Lipinski definition) is 8. The summed E-state index contributed by atoms with van der Waals surface area (Å²) in [6.45, 7) is 2.00. The smallest absolute Gasteiger partial charge is 0.236 e. The lowest BCUT2D eigenvalue weighted by atomic mass is 10.0. The zero-order chi connectivity index (χ0) is 22.6. The van der Waals surface area contributed by atoms with E-state index < -0.39 is 0 Å². The molecule has 0 fully saturated rings. The van der Waals surface area contributed by atoms with Gasteiger partial charge in [-0.15, -0.1) is 20.4 Å². The highest BCUT2D eigenvalue weighted by molar-refractivity contribution is 7.99. The Morgan fingerprint density at radius 2 is 1.67 bits per heavy atom. The number of nitrogens with zero attached hydrogens (tertiary/aromatic N) is 6. The third kappa shape index (κ3) is 4.76. The van der Waals surface area contributed by atoms with Crippen molar-refractivity contribution in [2.24, 2.45) is 0 Å². The number of fused-ring (bicyclic) bond motifs is 1. The molecule has 0 saturated carbocycles. The van der Waals surface area contributed by atoms with Gasteiger partial charge in [0.25, 0.3) is 0 Å². The van der Waals surface area contributed by atoms with Crippen LogP contribution < -0.4 is 5.32 Å². The fourth-order valence-corrected chi connectivity index (χ4v) is 4.59. The van der Waals surface area contributed by atoms with Gasteiger partial charge in [0.05, 0.1) is 11.4 Å². The molecule has 164 valence electrons. The lowest BCUT2D eigenvalue weighted by Crippen LogP contribution is -2.14. The molecule has 0 aliphatic carbocycles. The second-order valence-corrected chi connectivity index (χ2v) is 9.11. The van der Waals surface area contributed by atoms with Crippen LogP contribution in [0, 0.1) is 0 Å². The Balaban J connectivity index is 1.31. The summed E-state index contributed by atoms with van der Waals surface area (Å²) in [4.78, 5) is 12.3. The van der Waals surface area contributed by atoms with Gasteiger partial charge < -0.3 is 0 Å². The first-order valence-electron chi connectivity index (χ1n) is 10.3. The van der Waals surface area contributed by atoms with Crippen molar-refractivity contribution < 1.29 is 4.79 Å². The van der Waals surface area contributed by atoms with Crippen LogP contribution in [0.25, 0.3) is 28.0 Å². The second kappa shape index (κ2) is 9.47. The van der Waals surface area contributed by atoms with Crippen LogP contribution in [0.5, 0.6) is 0 Å². The minimum absolute atomic E-state index is 0.166. The van der Waals surface area contributed by atoms with Gasteiger partial charge in [-0.2, -0.15) is 9.61 Å². The molecule has 5 rings (SSSR count). The van der Waals surface area contributed by atoms with Crippen LogP contribution in [0.4, 0.5) is 5.13 Å². The number of anilines is 1. The van der Waals surface area contributed by atoms with E-state index in [0.717, 1.165) is 28.2 Å². The summed E-state index contributed by atoms with van der Waals surface area (Å²) in [6, 6.07) is 22.3. The van der Waals surface area contributed by atoms with Gasteiger partial charge in [-0.1, -0.05) is 84.6 Å². The molecule has 0 aliphatic heterocycles.